The Morgan fingerprint density at radius 3 is 2.55 bits per heavy atom. The average Bonchev–Trinajstić information content (AvgIpc) is 3.68. The normalized spacial score (nSPS) is 18.7. The minimum absolute atomic E-state index is 0.0533. The number of fused-ring (bicyclic) bond motifs is 2. The van der Waals surface area contributed by atoms with E-state index in [0.29, 0.717) is 38.0 Å². The Hall–Kier alpha value is -3.35. The molecule has 1 unspecified atom stereocenters. The summed E-state index contributed by atoms with van der Waals surface area (Å²) in [6.07, 6.45) is 6.98. The van der Waals surface area contributed by atoms with Crippen LogP contribution in [0.2, 0.25) is 0 Å². The topological polar surface area (TPSA) is 135 Å². The average molecular weight is 536 g/mol. The van der Waals surface area contributed by atoms with Crippen molar-refractivity contribution >= 4 is 43.9 Å². The van der Waals surface area contributed by atoms with E-state index < -0.39 is 10.2 Å². The van der Waals surface area contributed by atoms with Gasteiger partial charge in [0.2, 0.25) is 5.95 Å². The molecule has 11 nitrogen and oxygen atoms in total. The molecule has 4 heterocycles. The van der Waals surface area contributed by atoms with Crippen LogP contribution in [0.3, 0.4) is 0 Å². The predicted molar refractivity (Wildman–Crippen MR) is 148 cm³/mol. The van der Waals surface area contributed by atoms with E-state index in [4.69, 9.17) is 20.1 Å². The van der Waals surface area contributed by atoms with Crippen LogP contribution in [0.5, 0.6) is 0 Å². The summed E-state index contributed by atoms with van der Waals surface area (Å²) in [5, 5.41) is 14.9. The maximum Gasteiger partial charge on any atom is 0.277 e. The molecule has 1 aliphatic carbocycles. The van der Waals surface area contributed by atoms with Crippen LogP contribution in [0.4, 0.5) is 11.8 Å². The van der Waals surface area contributed by atoms with E-state index >= 15 is 0 Å². The first-order chi connectivity index (χ1) is 18.3. The highest BCUT2D eigenvalue weighted by Gasteiger charge is 2.34. The Morgan fingerprint density at radius 1 is 1.08 bits per heavy atom. The molecule has 6 rings (SSSR count). The number of nitrogens with one attached hydrogen (secondary N) is 1. The van der Waals surface area contributed by atoms with Gasteiger partial charge in [-0.25, -0.2) is 10.1 Å². The first-order valence-corrected chi connectivity index (χ1v) is 14.7. The summed E-state index contributed by atoms with van der Waals surface area (Å²) in [4.78, 5) is 16.6. The Labute approximate surface area is 222 Å². The second kappa shape index (κ2) is 9.75. The molecule has 38 heavy (non-hydrogen) atoms. The minimum Gasteiger partial charge on any atom is -0.361 e. The molecule has 0 spiro atoms. The van der Waals surface area contributed by atoms with Gasteiger partial charge < -0.3 is 10.2 Å². The molecule has 1 aromatic carbocycles. The molecule has 2 atom stereocenters. The number of aromatic nitrogens is 5. The van der Waals surface area contributed by atoms with Gasteiger partial charge in [-0.1, -0.05) is 25.1 Å². The van der Waals surface area contributed by atoms with E-state index in [-0.39, 0.29) is 12.1 Å². The molecule has 1 saturated heterocycles. The van der Waals surface area contributed by atoms with Gasteiger partial charge in [0, 0.05) is 43.8 Å². The Morgan fingerprint density at radius 2 is 1.84 bits per heavy atom. The summed E-state index contributed by atoms with van der Waals surface area (Å²) in [5.74, 6) is 1.79. The first-order valence-electron chi connectivity index (χ1n) is 13.2. The van der Waals surface area contributed by atoms with E-state index in [1.165, 1.54) is 4.31 Å². The number of hydrogen-bond acceptors (Lipinski definition) is 8. The lowest BCUT2D eigenvalue weighted by atomic mass is 10.0. The van der Waals surface area contributed by atoms with Crippen molar-refractivity contribution in [1.82, 2.24) is 29.0 Å². The van der Waals surface area contributed by atoms with Gasteiger partial charge in [0.25, 0.3) is 10.2 Å². The second-order valence-electron chi connectivity index (χ2n) is 10.3. The number of para-hydroxylation sites is 1. The van der Waals surface area contributed by atoms with E-state index in [1.807, 2.05) is 34.0 Å². The molecule has 2 aliphatic rings. The van der Waals surface area contributed by atoms with Crippen molar-refractivity contribution in [2.24, 2.45) is 11.1 Å². The van der Waals surface area contributed by atoms with Crippen molar-refractivity contribution in [1.29, 1.82) is 0 Å². The number of benzene rings is 1. The zero-order valence-corrected chi connectivity index (χ0v) is 22.5. The highest BCUT2D eigenvalue weighted by atomic mass is 32.2. The summed E-state index contributed by atoms with van der Waals surface area (Å²) in [5.41, 5.74) is 3.76. The van der Waals surface area contributed by atoms with Crippen LogP contribution < -0.4 is 15.4 Å². The van der Waals surface area contributed by atoms with E-state index in [9.17, 15) is 8.42 Å². The number of nitrogens with zero attached hydrogens (tertiary/aromatic N) is 7. The maximum absolute atomic E-state index is 11.8. The third-order valence-corrected chi connectivity index (χ3v) is 8.76. The molecule has 2 fully saturated rings. The molecule has 3 N–H and O–H groups in total. The van der Waals surface area contributed by atoms with E-state index in [1.54, 1.807) is 6.20 Å². The quantitative estimate of drug-likeness (QED) is 0.351. The molecule has 0 bridgehead atoms. The van der Waals surface area contributed by atoms with Crippen LogP contribution in [0.25, 0.3) is 21.9 Å². The van der Waals surface area contributed by atoms with Crippen LogP contribution in [0, 0.1) is 5.92 Å². The molecular weight excluding hydrogens is 502 g/mol. The standard InChI is InChI=1S/C26H33N9O2S/c1-3-17(2)35-24-22(16-29-35)30-26(33-10-12-34(13-11-33)38(27,36)37)32-25(24)31-23(18-8-9-18)20-14-19-6-4-5-7-21(19)28-15-20/h4-7,14-18,23H,3,8-13H2,1-2H3,(H2,27,36,37)(H,30,31,32)/t17?,23-/m1/s1. The lowest BCUT2D eigenvalue weighted by molar-refractivity contribution is 0.383. The molecule has 4 aromatic rings. The minimum atomic E-state index is -3.71. The van der Waals surface area contributed by atoms with Crippen molar-refractivity contribution in [2.45, 2.75) is 45.2 Å². The van der Waals surface area contributed by atoms with E-state index in [0.717, 1.165) is 52.6 Å². The molecule has 200 valence electrons. The summed E-state index contributed by atoms with van der Waals surface area (Å²) in [6, 6.07) is 10.6. The number of pyridine rings is 1. The van der Waals surface area contributed by atoms with Gasteiger partial charge in [0.05, 0.1) is 17.8 Å². The van der Waals surface area contributed by atoms with Crippen LogP contribution in [-0.4, -0.2) is 63.6 Å². The number of anilines is 2. The zero-order chi connectivity index (χ0) is 26.4. The van der Waals surface area contributed by atoms with Crippen LogP contribution in [0.15, 0.2) is 42.7 Å². The van der Waals surface area contributed by atoms with Crippen LogP contribution in [-0.2, 0) is 10.2 Å². The molecular formula is C26H33N9O2S. The smallest absolute Gasteiger partial charge is 0.277 e. The fraction of sp³-hybridized carbons (Fsp3) is 0.462. The lowest BCUT2D eigenvalue weighted by Gasteiger charge is -2.33. The van der Waals surface area contributed by atoms with Crippen molar-refractivity contribution in [3.8, 4) is 0 Å². The third-order valence-electron chi connectivity index (χ3n) is 7.68. The van der Waals surface area contributed by atoms with Crippen LogP contribution in [0.1, 0.15) is 50.8 Å². The van der Waals surface area contributed by atoms with Gasteiger partial charge in [-0.05, 0) is 49.8 Å². The highest BCUT2D eigenvalue weighted by molar-refractivity contribution is 7.86. The zero-order valence-electron chi connectivity index (χ0n) is 21.7. The van der Waals surface area contributed by atoms with Crippen molar-refractivity contribution in [2.75, 3.05) is 36.4 Å². The molecule has 0 radical (unpaired) electrons. The van der Waals surface area contributed by atoms with Gasteiger partial charge >= 0.3 is 0 Å². The van der Waals surface area contributed by atoms with Gasteiger partial charge in [0.1, 0.15) is 11.0 Å². The van der Waals surface area contributed by atoms with Gasteiger partial charge in [-0.3, -0.25) is 9.67 Å². The Balaban J connectivity index is 1.39. The number of nitrogens with two attached hydrogens (primary N) is 1. The Kier molecular flexibility index (Phi) is 6.40. The van der Waals surface area contributed by atoms with Crippen LogP contribution >= 0.6 is 0 Å². The van der Waals surface area contributed by atoms with Crippen molar-refractivity contribution in [3.05, 3.63) is 48.3 Å². The first kappa shape index (κ1) is 25.0. The fourth-order valence-electron chi connectivity index (χ4n) is 5.15. The van der Waals surface area contributed by atoms with Gasteiger partial charge in [-0.2, -0.15) is 22.8 Å². The summed E-state index contributed by atoms with van der Waals surface area (Å²) in [6.45, 7) is 5.79. The Bertz CT molecular complexity index is 1580. The molecule has 1 aliphatic heterocycles. The second-order valence-corrected chi connectivity index (χ2v) is 11.9. The molecule has 3 aromatic heterocycles. The van der Waals surface area contributed by atoms with Gasteiger partial charge in [0.15, 0.2) is 5.82 Å². The maximum atomic E-state index is 11.8. The van der Waals surface area contributed by atoms with Crippen molar-refractivity contribution < 1.29 is 8.42 Å². The van der Waals surface area contributed by atoms with Gasteiger partial charge in [-0.15, -0.1) is 0 Å². The number of rotatable bonds is 8. The largest absolute Gasteiger partial charge is 0.361 e. The number of piperazine rings is 1. The predicted octanol–water partition coefficient (Wildman–Crippen LogP) is 3.23. The summed E-state index contributed by atoms with van der Waals surface area (Å²) < 4.78 is 26.9. The van der Waals surface area contributed by atoms with Crippen molar-refractivity contribution in [3.63, 3.8) is 0 Å². The molecule has 12 heteroatoms. The van der Waals surface area contributed by atoms with E-state index in [2.05, 4.69) is 36.4 Å². The summed E-state index contributed by atoms with van der Waals surface area (Å²) in [7, 11) is -3.71. The third kappa shape index (κ3) is 4.79. The number of hydrogen-bond donors (Lipinski definition) is 2. The fourth-order valence-corrected chi connectivity index (χ4v) is 5.82. The monoisotopic (exact) mass is 535 g/mol. The summed E-state index contributed by atoms with van der Waals surface area (Å²) >= 11 is 0. The highest BCUT2D eigenvalue weighted by Crippen LogP contribution is 2.44. The SMILES string of the molecule is CCC(C)n1ncc2nc(N3CCN(S(N)(=O)=O)CC3)nc(N[C@@H](c3cnc4ccccc4c3)C3CC3)c21. The lowest BCUT2D eigenvalue weighted by Crippen LogP contribution is -2.51. The molecule has 1 saturated carbocycles. The molecule has 0 amide bonds.